The minimum atomic E-state index is -0.440. The Morgan fingerprint density at radius 2 is 1.94 bits per heavy atom. The average molecular weight is 440 g/mol. The number of amides is 1. The zero-order chi connectivity index (χ0) is 23.4. The molecule has 0 saturated heterocycles. The number of aryl methyl sites for hydroxylation is 4. The summed E-state index contributed by atoms with van der Waals surface area (Å²) in [5.41, 5.74) is 2.87. The molecule has 1 amide bonds. The number of rotatable bonds is 9. The molecule has 0 radical (unpaired) electrons. The Kier molecular flexibility index (Phi) is 7.33. The van der Waals surface area contributed by atoms with Gasteiger partial charge in [-0.2, -0.15) is 0 Å². The van der Waals surface area contributed by atoms with Gasteiger partial charge in [0.2, 0.25) is 5.91 Å². The molecule has 0 saturated carbocycles. The molecule has 2 N–H and O–H groups in total. The topological polar surface area (TPSA) is 102 Å². The maximum absolute atomic E-state index is 12.7. The maximum atomic E-state index is 12.7. The third-order valence-electron chi connectivity index (χ3n) is 5.48. The van der Waals surface area contributed by atoms with E-state index in [-0.39, 0.29) is 18.2 Å². The molecule has 0 aliphatic carbocycles. The Balaban J connectivity index is 1.92. The number of hydrogen-bond acceptors (Lipinski definition) is 4. The van der Waals surface area contributed by atoms with Crippen molar-refractivity contribution >= 4 is 22.8 Å². The number of carbonyl (C=O) groups excluding carboxylic acids is 1. The van der Waals surface area contributed by atoms with Crippen molar-refractivity contribution in [3.05, 3.63) is 56.0 Å². The van der Waals surface area contributed by atoms with Crippen molar-refractivity contribution < 1.29 is 4.79 Å². The molecular weight excluding hydrogens is 406 g/mol. The number of fused-ring (bicyclic) bond motifs is 1. The summed E-state index contributed by atoms with van der Waals surface area (Å²) in [6.45, 7) is 11.2. The number of carbonyl (C=O) groups is 1. The number of hydrogen-bond donors (Lipinski definition) is 2. The van der Waals surface area contributed by atoms with Gasteiger partial charge in [0.05, 0.1) is 0 Å². The fraction of sp³-hybridized carbons (Fsp3) is 0.500. The van der Waals surface area contributed by atoms with Crippen molar-refractivity contribution in [3.8, 4) is 0 Å². The van der Waals surface area contributed by atoms with E-state index in [2.05, 4.69) is 29.1 Å². The number of anilines is 1. The molecule has 0 spiro atoms. The molecule has 8 heteroatoms. The maximum Gasteiger partial charge on any atom is 0.330 e. The van der Waals surface area contributed by atoms with E-state index in [1.807, 2.05) is 43.5 Å². The van der Waals surface area contributed by atoms with E-state index in [1.165, 1.54) is 4.57 Å². The number of aromatic nitrogens is 4. The van der Waals surface area contributed by atoms with Crippen LogP contribution in [0, 0.1) is 19.8 Å². The van der Waals surface area contributed by atoms with Crippen LogP contribution in [-0.4, -0.2) is 25.0 Å². The third-order valence-corrected chi connectivity index (χ3v) is 5.48. The van der Waals surface area contributed by atoms with Crippen LogP contribution in [-0.2, 0) is 24.3 Å². The Hall–Kier alpha value is -3.16. The molecule has 32 heavy (non-hydrogen) atoms. The van der Waals surface area contributed by atoms with Crippen LogP contribution in [0.1, 0.15) is 57.0 Å². The van der Waals surface area contributed by atoms with Crippen molar-refractivity contribution in [1.82, 2.24) is 19.1 Å². The van der Waals surface area contributed by atoms with Crippen molar-refractivity contribution in [2.45, 2.75) is 73.4 Å². The Bertz CT molecular complexity index is 1230. The first kappa shape index (κ1) is 23.5. The lowest BCUT2D eigenvalue weighted by Gasteiger charge is -2.12. The van der Waals surface area contributed by atoms with Crippen LogP contribution in [0.4, 0.5) is 5.69 Å². The molecule has 0 aliphatic rings. The molecule has 3 rings (SSSR count). The molecule has 1 aromatic carbocycles. The molecule has 0 aliphatic heterocycles. The second kappa shape index (κ2) is 9.97. The van der Waals surface area contributed by atoms with Gasteiger partial charge in [-0.15, -0.1) is 0 Å². The highest BCUT2D eigenvalue weighted by Crippen LogP contribution is 2.18. The van der Waals surface area contributed by atoms with Gasteiger partial charge in [0, 0.05) is 31.6 Å². The Morgan fingerprint density at radius 1 is 1.19 bits per heavy atom. The van der Waals surface area contributed by atoms with Gasteiger partial charge >= 0.3 is 5.69 Å². The largest absolute Gasteiger partial charge is 0.330 e. The molecule has 2 heterocycles. The first-order chi connectivity index (χ1) is 15.2. The fourth-order valence-corrected chi connectivity index (χ4v) is 3.89. The summed E-state index contributed by atoms with van der Waals surface area (Å²) in [7, 11) is 0. The standard InChI is InChI=1S/C24H33N5O3/c1-6-7-12-28-22-21(23(31)27-24(28)32)29(14-15(2)3)19(26-22)10-11-20(30)25-18-9-8-16(4)13-17(18)5/h8-9,13,15H,6-7,10-12,14H2,1-5H3,(H,25,30)(H,27,31,32). The van der Waals surface area contributed by atoms with E-state index in [1.54, 1.807) is 0 Å². The van der Waals surface area contributed by atoms with Crippen LogP contribution in [0.25, 0.3) is 11.2 Å². The lowest BCUT2D eigenvalue weighted by atomic mass is 10.1. The number of unbranched alkanes of at least 4 members (excludes halogenated alkanes) is 1. The predicted molar refractivity (Wildman–Crippen MR) is 127 cm³/mol. The number of benzene rings is 1. The minimum absolute atomic E-state index is 0.114. The number of H-pyrrole nitrogens is 1. The van der Waals surface area contributed by atoms with E-state index in [0.29, 0.717) is 36.5 Å². The summed E-state index contributed by atoms with van der Waals surface area (Å²) in [6, 6.07) is 5.90. The molecule has 8 nitrogen and oxygen atoms in total. The minimum Gasteiger partial charge on any atom is -0.326 e. The van der Waals surface area contributed by atoms with Gasteiger partial charge in [0.15, 0.2) is 11.2 Å². The fourth-order valence-electron chi connectivity index (χ4n) is 3.89. The van der Waals surface area contributed by atoms with Crippen molar-refractivity contribution in [2.24, 2.45) is 5.92 Å². The van der Waals surface area contributed by atoms with E-state index in [9.17, 15) is 14.4 Å². The van der Waals surface area contributed by atoms with Crippen LogP contribution >= 0.6 is 0 Å². The van der Waals surface area contributed by atoms with Gasteiger partial charge in [-0.25, -0.2) is 9.78 Å². The molecule has 172 valence electrons. The molecule has 2 aromatic heterocycles. The van der Waals surface area contributed by atoms with Crippen molar-refractivity contribution in [3.63, 3.8) is 0 Å². The highest BCUT2D eigenvalue weighted by atomic mass is 16.2. The third kappa shape index (κ3) is 5.18. The predicted octanol–water partition coefficient (Wildman–Crippen LogP) is 3.53. The van der Waals surface area contributed by atoms with Gasteiger partial charge in [0.1, 0.15) is 5.82 Å². The van der Waals surface area contributed by atoms with E-state index < -0.39 is 11.2 Å². The van der Waals surface area contributed by atoms with Crippen LogP contribution in [0.5, 0.6) is 0 Å². The van der Waals surface area contributed by atoms with Crippen LogP contribution in [0.15, 0.2) is 27.8 Å². The average Bonchev–Trinajstić information content (AvgIpc) is 3.06. The number of imidazole rings is 1. The first-order valence-electron chi connectivity index (χ1n) is 11.3. The molecule has 0 atom stereocenters. The van der Waals surface area contributed by atoms with Gasteiger partial charge < -0.3 is 9.88 Å². The molecule has 0 unspecified atom stereocenters. The van der Waals surface area contributed by atoms with Crippen LogP contribution in [0.2, 0.25) is 0 Å². The summed E-state index contributed by atoms with van der Waals surface area (Å²) in [4.78, 5) is 44.8. The van der Waals surface area contributed by atoms with Crippen molar-refractivity contribution in [1.29, 1.82) is 0 Å². The monoisotopic (exact) mass is 439 g/mol. The highest BCUT2D eigenvalue weighted by molar-refractivity contribution is 5.91. The summed E-state index contributed by atoms with van der Waals surface area (Å²) in [6.07, 6.45) is 2.34. The van der Waals surface area contributed by atoms with Gasteiger partial charge in [-0.3, -0.25) is 19.1 Å². The van der Waals surface area contributed by atoms with E-state index in [0.717, 1.165) is 29.7 Å². The zero-order valence-corrected chi connectivity index (χ0v) is 19.6. The van der Waals surface area contributed by atoms with Gasteiger partial charge in [0.25, 0.3) is 5.56 Å². The molecular formula is C24H33N5O3. The smallest absolute Gasteiger partial charge is 0.326 e. The normalized spacial score (nSPS) is 11.4. The van der Waals surface area contributed by atoms with Gasteiger partial charge in [-0.1, -0.05) is 44.9 Å². The van der Waals surface area contributed by atoms with Crippen LogP contribution in [0.3, 0.4) is 0 Å². The quantitative estimate of drug-likeness (QED) is 0.532. The van der Waals surface area contributed by atoms with E-state index in [4.69, 9.17) is 0 Å². The SMILES string of the molecule is CCCCn1c(=O)[nH]c(=O)c2c1nc(CCC(=O)Nc1ccc(C)cc1C)n2CC(C)C. The second-order valence-corrected chi connectivity index (χ2v) is 8.84. The Labute approximate surface area is 187 Å². The van der Waals surface area contributed by atoms with Gasteiger partial charge in [-0.05, 0) is 37.8 Å². The summed E-state index contributed by atoms with van der Waals surface area (Å²) in [5, 5.41) is 2.96. The highest BCUT2D eigenvalue weighted by Gasteiger charge is 2.20. The zero-order valence-electron chi connectivity index (χ0n) is 19.6. The van der Waals surface area contributed by atoms with Crippen molar-refractivity contribution in [2.75, 3.05) is 5.32 Å². The second-order valence-electron chi connectivity index (χ2n) is 8.84. The molecule has 0 bridgehead atoms. The lowest BCUT2D eigenvalue weighted by Crippen LogP contribution is -2.31. The number of aromatic amines is 1. The van der Waals surface area contributed by atoms with Crippen LogP contribution < -0.4 is 16.6 Å². The number of nitrogens with one attached hydrogen (secondary N) is 2. The molecule has 3 aromatic rings. The van der Waals surface area contributed by atoms with E-state index >= 15 is 0 Å². The summed E-state index contributed by atoms with van der Waals surface area (Å²) in [5.74, 6) is 0.800. The Morgan fingerprint density at radius 3 is 2.59 bits per heavy atom. The lowest BCUT2D eigenvalue weighted by molar-refractivity contribution is -0.116. The summed E-state index contributed by atoms with van der Waals surface area (Å²) >= 11 is 0. The first-order valence-corrected chi connectivity index (χ1v) is 11.3. The summed E-state index contributed by atoms with van der Waals surface area (Å²) < 4.78 is 3.40. The number of nitrogens with zero attached hydrogens (tertiary/aromatic N) is 3. The molecule has 0 fully saturated rings.